The number of aromatic nitrogens is 1. The van der Waals surface area contributed by atoms with E-state index >= 15 is 0 Å². The van der Waals surface area contributed by atoms with Crippen LogP contribution in [0.15, 0.2) is 18.3 Å². The molecular formula is C13H19ClN2O. The Kier molecular flexibility index (Phi) is 4.49. The third kappa shape index (κ3) is 3.50. The van der Waals surface area contributed by atoms with Crippen molar-refractivity contribution in [2.45, 2.75) is 31.1 Å². The minimum absolute atomic E-state index is 0.314. The van der Waals surface area contributed by atoms with E-state index in [2.05, 4.69) is 10.3 Å². The van der Waals surface area contributed by atoms with Crippen molar-refractivity contribution < 1.29 is 4.74 Å². The van der Waals surface area contributed by atoms with Gasteiger partial charge in [0.05, 0.1) is 13.3 Å². The van der Waals surface area contributed by atoms with Crippen LogP contribution in [0.1, 0.15) is 25.7 Å². The van der Waals surface area contributed by atoms with Crippen LogP contribution >= 0.6 is 11.6 Å². The molecule has 1 aromatic rings. The molecule has 94 valence electrons. The van der Waals surface area contributed by atoms with Crippen LogP contribution in [-0.2, 0) is 0 Å². The Morgan fingerprint density at radius 2 is 2.24 bits per heavy atom. The second-order valence-corrected chi connectivity index (χ2v) is 5.09. The van der Waals surface area contributed by atoms with Gasteiger partial charge in [0.2, 0.25) is 0 Å². The summed E-state index contributed by atoms with van der Waals surface area (Å²) in [5.41, 5.74) is 0. The maximum atomic E-state index is 6.32. The molecule has 4 heteroatoms. The van der Waals surface area contributed by atoms with Gasteiger partial charge in [-0.3, -0.25) is 0 Å². The van der Waals surface area contributed by atoms with Crippen LogP contribution in [0.2, 0.25) is 0 Å². The average Bonchev–Trinajstić information content (AvgIpc) is 2.38. The van der Waals surface area contributed by atoms with Gasteiger partial charge in [0, 0.05) is 11.9 Å². The summed E-state index contributed by atoms with van der Waals surface area (Å²) in [5.74, 6) is 2.23. The number of ether oxygens (including phenoxy) is 1. The van der Waals surface area contributed by atoms with E-state index in [1.165, 1.54) is 19.3 Å². The van der Waals surface area contributed by atoms with Crippen LogP contribution in [0.3, 0.4) is 0 Å². The monoisotopic (exact) mass is 254 g/mol. The number of nitrogens with zero attached hydrogens (tertiary/aromatic N) is 1. The highest BCUT2D eigenvalue weighted by Crippen LogP contribution is 2.28. The Bertz CT molecular complexity index is 342. The van der Waals surface area contributed by atoms with Gasteiger partial charge in [0.1, 0.15) is 11.6 Å². The highest BCUT2D eigenvalue weighted by molar-refractivity contribution is 6.20. The molecule has 2 atom stereocenters. The summed E-state index contributed by atoms with van der Waals surface area (Å²) in [7, 11) is 1.64. The lowest BCUT2D eigenvalue weighted by Gasteiger charge is -2.27. The first-order chi connectivity index (χ1) is 8.29. The molecule has 2 unspecified atom stereocenters. The molecule has 1 aliphatic rings. The first-order valence-electron chi connectivity index (χ1n) is 6.17. The highest BCUT2D eigenvalue weighted by Gasteiger charge is 2.22. The van der Waals surface area contributed by atoms with Crippen LogP contribution in [0.5, 0.6) is 5.75 Å². The van der Waals surface area contributed by atoms with Crippen LogP contribution in [0, 0.1) is 5.92 Å². The number of hydrogen-bond donors (Lipinski definition) is 1. The van der Waals surface area contributed by atoms with E-state index in [1.54, 1.807) is 13.3 Å². The van der Waals surface area contributed by atoms with E-state index in [4.69, 9.17) is 16.3 Å². The van der Waals surface area contributed by atoms with E-state index in [0.717, 1.165) is 24.5 Å². The maximum absolute atomic E-state index is 6.32. The van der Waals surface area contributed by atoms with Gasteiger partial charge in [-0.15, -0.1) is 11.6 Å². The van der Waals surface area contributed by atoms with Crippen molar-refractivity contribution in [1.29, 1.82) is 0 Å². The van der Waals surface area contributed by atoms with Crippen molar-refractivity contribution in [3.63, 3.8) is 0 Å². The number of rotatable bonds is 4. The number of nitrogens with one attached hydrogen (secondary N) is 1. The summed E-state index contributed by atoms with van der Waals surface area (Å²) < 4.78 is 5.07. The van der Waals surface area contributed by atoms with E-state index in [-0.39, 0.29) is 0 Å². The molecule has 0 aromatic carbocycles. The number of hydrogen-bond acceptors (Lipinski definition) is 3. The van der Waals surface area contributed by atoms with Crippen molar-refractivity contribution in [1.82, 2.24) is 4.98 Å². The average molecular weight is 255 g/mol. The summed E-state index contributed by atoms with van der Waals surface area (Å²) in [6.45, 7) is 0.910. The number of halogens is 1. The molecule has 1 heterocycles. The number of anilines is 1. The summed E-state index contributed by atoms with van der Waals surface area (Å²) in [4.78, 5) is 4.28. The SMILES string of the molecule is COc1ccc(NCC2CCCCC2Cl)nc1. The first-order valence-corrected chi connectivity index (χ1v) is 6.61. The third-order valence-corrected chi connectivity index (χ3v) is 3.91. The van der Waals surface area contributed by atoms with E-state index in [9.17, 15) is 0 Å². The van der Waals surface area contributed by atoms with Crippen molar-refractivity contribution >= 4 is 17.4 Å². The third-order valence-electron chi connectivity index (χ3n) is 3.33. The molecule has 1 N–H and O–H groups in total. The predicted octanol–water partition coefficient (Wildman–Crippen LogP) is 3.30. The summed E-state index contributed by atoms with van der Waals surface area (Å²) in [6, 6.07) is 3.85. The molecule has 0 spiro atoms. The number of alkyl halides is 1. The van der Waals surface area contributed by atoms with Gasteiger partial charge in [-0.1, -0.05) is 12.8 Å². The zero-order valence-corrected chi connectivity index (χ0v) is 10.9. The molecule has 1 aliphatic carbocycles. The fourth-order valence-corrected chi connectivity index (χ4v) is 2.60. The number of methoxy groups -OCH3 is 1. The zero-order chi connectivity index (χ0) is 12.1. The minimum atomic E-state index is 0.314. The van der Waals surface area contributed by atoms with Crippen molar-refractivity contribution in [2.24, 2.45) is 5.92 Å². The molecule has 17 heavy (non-hydrogen) atoms. The van der Waals surface area contributed by atoms with Gasteiger partial charge in [-0.25, -0.2) is 4.98 Å². The molecule has 1 fully saturated rings. The van der Waals surface area contributed by atoms with Crippen LogP contribution < -0.4 is 10.1 Å². The molecule has 1 aromatic heterocycles. The fraction of sp³-hybridized carbons (Fsp3) is 0.615. The largest absolute Gasteiger partial charge is 0.495 e. The molecular weight excluding hydrogens is 236 g/mol. The molecule has 0 radical (unpaired) electrons. The lowest BCUT2D eigenvalue weighted by Crippen LogP contribution is -2.26. The fourth-order valence-electron chi connectivity index (χ4n) is 2.23. The lowest BCUT2D eigenvalue weighted by atomic mass is 9.89. The Hall–Kier alpha value is -0.960. The quantitative estimate of drug-likeness (QED) is 0.838. The second kappa shape index (κ2) is 6.10. The minimum Gasteiger partial charge on any atom is -0.495 e. The standard InChI is InChI=1S/C13H19ClN2O/c1-17-11-6-7-13(16-9-11)15-8-10-4-2-3-5-12(10)14/h6-7,9-10,12H,2-5,8H2,1H3,(H,15,16). The molecule has 2 rings (SSSR count). The van der Waals surface area contributed by atoms with Gasteiger partial charge >= 0.3 is 0 Å². The predicted molar refractivity (Wildman–Crippen MR) is 70.9 cm³/mol. The van der Waals surface area contributed by atoms with Crippen LogP contribution in [0.4, 0.5) is 5.82 Å². The summed E-state index contributed by atoms with van der Waals surface area (Å²) in [6.07, 6.45) is 6.65. The van der Waals surface area contributed by atoms with Crippen LogP contribution in [0.25, 0.3) is 0 Å². The second-order valence-electron chi connectivity index (χ2n) is 4.52. The van der Waals surface area contributed by atoms with Crippen LogP contribution in [-0.4, -0.2) is 24.0 Å². The molecule has 0 saturated heterocycles. The molecule has 0 bridgehead atoms. The van der Waals surface area contributed by atoms with Gasteiger partial charge in [0.15, 0.2) is 0 Å². The Balaban J connectivity index is 1.84. The molecule has 0 aliphatic heterocycles. The maximum Gasteiger partial charge on any atom is 0.137 e. The van der Waals surface area contributed by atoms with Crippen molar-refractivity contribution in [3.8, 4) is 5.75 Å². The zero-order valence-electron chi connectivity index (χ0n) is 10.2. The summed E-state index contributed by atoms with van der Waals surface area (Å²) in [5, 5.41) is 3.66. The van der Waals surface area contributed by atoms with Crippen molar-refractivity contribution in [3.05, 3.63) is 18.3 Å². The number of pyridine rings is 1. The molecule has 0 amide bonds. The molecule has 3 nitrogen and oxygen atoms in total. The van der Waals surface area contributed by atoms with E-state index in [1.807, 2.05) is 12.1 Å². The highest BCUT2D eigenvalue weighted by atomic mass is 35.5. The van der Waals surface area contributed by atoms with E-state index in [0.29, 0.717) is 11.3 Å². The topological polar surface area (TPSA) is 34.1 Å². The summed E-state index contributed by atoms with van der Waals surface area (Å²) >= 11 is 6.32. The van der Waals surface area contributed by atoms with Crippen molar-refractivity contribution in [2.75, 3.05) is 19.0 Å². The molecule has 1 saturated carbocycles. The Morgan fingerprint density at radius 1 is 1.41 bits per heavy atom. The van der Waals surface area contributed by atoms with Gasteiger partial charge in [0.25, 0.3) is 0 Å². The lowest BCUT2D eigenvalue weighted by molar-refractivity contribution is 0.380. The van der Waals surface area contributed by atoms with Gasteiger partial charge < -0.3 is 10.1 Å². The van der Waals surface area contributed by atoms with Gasteiger partial charge in [-0.2, -0.15) is 0 Å². The smallest absolute Gasteiger partial charge is 0.137 e. The Morgan fingerprint density at radius 3 is 2.88 bits per heavy atom. The normalized spacial score (nSPS) is 24.4. The van der Waals surface area contributed by atoms with Gasteiger partial charge in [-0.05, 0) is 30.9 Å². The van der Waals surface area contributed by atoms with E-state index < -0.39 is 0 Å². The first kappa shape index (κ1) is 12.5. The Labute approximate surface area is 108 Å².